The monoisotopic (exact) mass is 590 g/mol. The van der Waals surface area contributed by atoms with Crippen LogP contribution in [0.1, 0.15) is 31.8 Å². The second-order valence-electron chi connectivity index (χ2n) is 10.7. The topological polar surface area (TPSA) is 98.7 Å². The van der Waals surface area contributed by atoms with Crippen LogP contribution >= 0.6 is 0 Å². The molecule has 6 nitrogen and oxygen atoms in total. The van der Waals surface area contributed by atoms with E-state index in [1.807, 2.05) is 121 Å². The van der Waals surface area contributed by atoms with Crippen LogP contribution < -0.4 is 10.6 Å². The van der Waals surface area contributed by atoms with Crippen molar-refractivity contribution in [2.75, 3.05) is 10.6 Å². The highest BCUT2D eigenvalue weighted by Crippen LogP contribution is 2.29. The Labute approximate surface area is 261 Å². The molecule has 0 aliphatic rings. The summed E-state index contributed by atoms with van der Waals surface area (Å²) in [7, 11) is 0. The molecule has 0 saturated carbocycles. The van der Waals surface area contributed by atoms with E-state index in [1.54, 1.807) is 24.3 Å². The largest absolute Gasteiger partial charge is 0.478 e. The molecule has 45 heavy (non-hydrogen) atoms. The van der Waals surface area contributed by atoms with Crippen molar-refractivity contribution in [2.24, 2.45) is 0 Å². The van der Waals surface area contributed by atoms with Gasteiger partial charge in [-0.1, -0.05) is 97.1 Å². The molecule has 0 unspecified atom stereocenters. The minimum atomic E-state index is -1.05. The van der Waals surface area contributed by atoms with Gasteiger partial charge in [-0.3, -0.25) is 0 Å². The van der Waals surface area contributed by atoms with Crippen molar-refractivity contribution < 1.29 is 19.8 Å². The van der Waals surface area contributed by atoms with Crippen LogP contribution in [-0.4, -0.2) is 22.2 Å². The van der Waals surface area contributed by atoms with E-state index >= 15 is 0 Å². The summed E-state index contributed by atoms with van der Waals surface area (Å²) in [6.45, 7) is 0. The van der Waals surface area contributed by atoms with Gasteiger partial charge < -0.3 is 20.8 Å². The zero-order valence-electron chi connectivity index (χ0n) is 24.3. The first kappa shape index (κ1) is 29.0. The molecule has 0 aromatic heterocycles. The number of carboxylic acid groups (broad SMARTS) is 2. The summed E-state index contributed by atoms with van der Waals surface area (Å²) in [4.78, 5) is 24.4. The van der Waals surface area contributed by atoms with Crippen LogP contribution in [0.4, 0.5) is 22.7 Å². The molecule has 0 aliphatic heterocycles. The van der Waals surface area contributed by atoms with Crippen LogP contribution in [-0.2, 0) is 6.42 Å². The Bertz CT molecular complexity index is 1810. The van der Waals surface area contributed by atoms with Crippen molar-refractivity contribution in [3.63, 3.8) is 0 Å². The third-order valence-electron chi connectivity index (χ3n) is 7.58. The van der Waals surface area contributed by atoms with Gasteiger partial charge in [0.05, 0.1) is 22.5 Å². The quantitative estimate of drug-likeness (QED) is 0.127. The van der Waals surface area contributed by atoms with Crippen LogP contribution in [0.3, 0.4) is 0 Å². The van der Waals surface area contributed by atoms with Crippen LogP contribution in [0.25, 0.3) is 22.3 Å². The maximum Gasteiger partial charge on any atom is 0.337 e. The van der Waals surface area contributed by atoms with E-state index in [4.69, 9.17) is 0 Å². The standard InChI is InChI=1S/C39H30N2O4/c42-38(43)34-24-26(11-21-36(34)40-32-17-13-30(14-18-32)28-7-3-1-4-8-28)23-27-12-22-37(35(25-27)39(44)45)41-33-19-15-31(16-20-33)29-9-5-2-6-10-29/h1-22,24-25,40-41H,23H2,(H,42,43)(H,44,45). The lowest BCUT2D eigenvalue weighted by Crippen LogP contribution is -2.06. The number of rotatable bonds is 10. The molecule has 220 valence electrons. The van der Waals surface area contributed by atoms with Gasteiger partial charge >= 0.3 is 11.9 Å². The van der Waals surface area contributed by atoms with E-state index in [1.165, 1.54) is 0 Å². The maximum absolute atomic E-state index is 12.2. The van der Waals surface area contributed by atoms with Gasteiger partial charge in [-0.05, 0) is 88.3 Å². The zero-order valence-corrected chi connectivity index (χ0v) is 24.3. The minimum absolute atomic E-state index is 0.135. The second kappa shape index (κ2) is 13.0. The molecule has 6 heteroatoms. The normalized spacial score (nSPS) is 10.7. The summed E-state index contributed by atoms with van der Waals surface area (Å²) in [5, 5.41) is 26.4. The Morgan fingerprint density at radius 1 is 0.444 bits per heavy atom. The number of hydrogen-bond acceptors (Lipinski definition) is 4. The summed E-state index contributed by atoms with van der Waals surface area (Å²) in [6, 6.07) is 46.2. The molecule has 0 amide bonds. The van der Waals surface area contributed by atoms with Crippen LogP contribution in [0.15, 0.2) is 146 Å². The van der Waals surface area contributed by atoms with Gasteiger partial charge in [-0.25, -0.2) is 9.59 Å². The van der Waals surface area contributed by atoms with E-state index in [2.05, 4.69) is 10.6 Å². The van der Waals surface area contributed by atoms with Gasteiger partial charge in [-0.15, -0.1) is 0 Å². The van der Waals surface area contributed by atoms with Gasteiger partial charge in [0.15, 0.2) is 0 Å². The highest BCUT2D eigenvalue weighted by molar-refractivity contribution is 5.96. The molecule has 0 bridgehead atoms. The summed E-state index contributed by atoms with van der Waals surface area (Å²) >= 11 is 0. The summed E-state index contributed by atoms with van der Waals surface area (Å²) in [5.41, 5.74) is 8.62. The highest BCUT2D eigenvalue weighted by Gasteiger charge is 2.15. The van der Waals surface area contributed by atoms with Gasteiger partial charge in [0.2, 0.25) is 0 Å². The van der Waals surface area contributed by atoms with E-state index in [9.17, 15) is 19.8 Å². The van der Waals surface area contributed by atoms with Gasteiger partial charge in [-0.2, -0.15) is 0 Å². The third kappa shape index (κ3) is 6.92. The number of anilines is 4. The number of aromatic carboxylic acids is 2. The lowest BCUT2D eigenvalue weighted by molar-refractivity contribution is 0.0687. The number of carbonyl (C=O) groups is 2. The van der Waals surface area contributed by atoms with Gasteiger partial charge in [0, 0.05) is 11.4 Å². The van der Waals surface area contributed by atoms with E-state index in [-0.39, 0.29) is 11.1 Å². The summed E-state index contributed by atoms with van der Waals surface area (Å²) < 4.78 is 0. The molecule has 4 N–H and O–H groups in total. The third-order valence-corrected chi connectivity index (χ3v) is 7.58. The maximum atomic E-state index is 12.2. The number of hydrogen-bond donors (Lipinski definition) is 4. The lowest BCUT2D eigenvalue weighted by Gasteiger charge is -2.14. The minimum Gasteiger partial charge on any atom is -0.478 e. The summed E-state index contributed by atoms with van der Waals surface area (Å²) in [5.74, 6) is -2.10. The van der Waals surface area contributed by atoms with Crippen molar-refractivity contribution in [1.82, 2.24) is 0 Å². The molecular weight excluding hydrogens is 560 g/mol. The Morgan fingerprint density at radius 2 is 0.800 bits per heavy atom. The molecule has 6 aromatic rings. The van der Waals surface area contributed by atoms with E-state index in [0.717, 1.165) is 44.8 Å². The van der Waals surface area contributed by atoms with Crippen molar-refractivity contribution >= 4 is 34.7 Å². The van der Waals surface area contributed by atoms with Gasteiger partial charge in [0.25, 0.3) is 0 Å². The zero-order chi connectivity index (χ0) is 31.2. The Balaban J connectivity index is 1.18. The molecule has 6 aromatic carbocycles. The molecule has 0 radical (unpaired) electrons. The predicted molar refractivity (Wildman–Crippen MR) is 180 cm³/mol. The lowest BCUT2D eigenvalue weighted by atomic mass is 9.99. The van der Waals surface area contributed by atoms with Gasteiger partial charge in [0.1, 0.15) is 0 Å². The van der Waals surface area contributed by atoms with Crippen LogP contribution in [0.5, 0.6) is 0 Å². The first-order chi connectivity index (χ1) is 21.9. The number of carboxylic acids is 2. The van der Waals surface area contributed by atoms with Crippen molar-refractivity contribution in [3.05, 3.63) is 168 Å². The molecule has 0 saturated heterocycles. The fourth-order valence-electron chi connectivity index (χ4n) is 5.27. The Kier molecular flexibility index (Phi) is 8.38. The van der Waals surface area contributed by atoms with Crippen LogP contribution in [0.2, 0.25) is 0 Å². The fraction of sp³-hybridized carbons (Fsp3) is 0.0256. The number of nitrogens with one attached hydrogen (secondary N) is 2. The molecule has 6 rings (SSSR count). The van der Waals surface area contributed by atoms with E-state index < -0.39 is 11.9 Å². The average Bonchev–Trinajstić information content (AvgIpc) is 3.07. The fourth-order valence-corrected chi connectivity index (χ4v) is 5.27. The molecular formula is C39H30N2O4. The summed E-state index contributed by atoms with van der Waals surface area (Å²) in [6.07, 6.45) is 0.374. The second-order valence-corrected chi connectivity index (χ2v) is 10.7. The van der Waals surface area contributed by atoms with Crippen molar-refractivity contribution in [3.8, 4) is 22.3 Å². The first-order valence-corrected chi connectivity index (χ1v) is 14.5. The van der Waals surface area contributed by atoms with E-state index in [0.29, 0.717) is 17.8 Å². The van der Waals surface area contributed by atoms with Crippen molar-refractivity contribution in [2.45, 2.75) is 6.42 Å². The Morgan fingerprint density at radius 3 is 1.16 bits per heavy atom. The SMILES string of the molecule is O=C(O)c1cc(Cc2ccc(Nc3ccc(-c4ccccc4)cc3)c(C(=O)O)c2)ccc1Nc1ccc(-c2ccccc2)cc1. The Hall–Kier alpha value is -6.14. The molecule has 0 spiro atoms. The molecule has 0 fully saturated rings. The molecule has 0 atom stereocenters. The predicted octanol–water partition coefficient (Wildman–Crippen LogP) is 9.49. The van der Waals surface area contributed by atoms with Crippen LogP contribution in [0, 0.1) is 0 Å². The number of benzene rings is 6. The molecule has 0 aliphatic carbocycles. The average molecular weight is 591 g/mol. The first-order valence-electron chi connectivity index (χ1n) is 14.5. The smallest absolute Gasteiger partial charge is 0.337 e. The molecule has 0 heterocycles. The highest BCUT2D eigenvalue weighted by atomic mass is 16.4. The van der Waals surface area contributed by atoms with Crippen molar-refractivity contribution in [1.29, 1.82) is 0 Å².